The van der Waals surface area contributed by atoms with Gasteiger partial charge in [0.2, 0.25) is 0 Å². The largest absolute Gasteiger partial charge is 0.329 e. The first kappa shape index (κ1) is 14.0. The molecule has 0 aromatic rings. The molecule has 96 valence electrons. The highest BCUT2D eigenvalue weighted by molar-refractivity contribution is 4.79. The second-order valence-electron chi connectivity index (χ2n) is 5.32. The van der Waals surface area contributed by atoms with E-state index in [-0.39, 0.29) is 0 Å². The van der Waals surface area contributed by atoms with E-state index in [0.29, 0.717) is 6.04 Å². The predicted octanol–water partition coefficient (Wildman–Crippen LogP) is 3.16. The first-order valence-corrected chi connectivity index (χ1v) is 7.25. The molecule has 16 heavy (non-hydrogen) atoms. The molecule has 2 atom stereocenters. The standard InChI is InChI=1S/C14H30N2/c1-3-4-6-10-14(12-15)16-11-8-5-7-9-13(16)2/h13-14H,3-12,15H2,1-2H3. The summed E-state index contributed by atoms with van der Waals surface area (Å²) in [6.45, 7) is 6.77. The molecule has 1 aliphatic heterocycles. The fraction of sp³-hybridized carbons (Fsp3) is 1.00. The van der Waals surface area contributed by atoms with Gasteiger partial charge in [-0.25, -0.2) is 0 Å². The first-order valence-electron chi connectivity index (χ1n) is 7.25. The van der Waals surface area contributed by atoms with Gasteiger partial charge >= 0.3 is 0 Å². The smallest absolute Gasteiger partial charge is 0.0221 e. The van der Waals surface area contributed by atoms with Gasteiger partial charge in [0.15, 0.2) is 0 Å². The minimum atomic E-state index is 0.639. The Morgan fingerprint density at radius 2 is 2.06 bits per heavy atom. The molecule has 0 spiro atoms. The molecular formula is C14H30N2. The van der Waals surface area contributed by atoms with Crippen LogP contribution in [0, 0.1) is 0 Å². The van der Waals surface area contributed by atoms with Crippen molar-refractivity contribution >= 4 is 0 Å². The highest BCUT2D eigenvalue weighted by Gasteiger charge is 2.23. The molecule has 2 N–H and O–H groups in total. The van der Waals surface area contributed by atoms with Crippen molar-refractivity contribution in [1.82, 2.24) is 4.90 Å². The lowest BCUT2D eigenvalue weighted by molar-refractivity contribution is 0.141. The van der Waals surface area contributed by atoms with Crippen LogP contribution in [0.25, 0.3) is 0 Å². The van der Waals surface area contributed by atoms with Gasteiger partial charge in [0.05, 0.1) is 0 Å². The lowest BCUT2D eigenvalue weighted by Gasteiger charge is -2.34. The number of nitrogens with two attached hydrogens (primary N) is 1. The van der Waals surface area contributed by atoms with Gasteiger partial charge in [-0.15, -0.1) is 0 Å². The van der Waals surface area contributed by atoms with Crippen molar-refractivity contribution in [3.05, 3.63) is 0 Å². The average Bonchev–Trinajstić information content (AvgIpc) is 2.50. The zero-order valence-corrected chi connectivity index (χ0v) is 11.3. The second-order valence-corrected chi connectivity index (χ2v) is 5.32. The van der Waals surface area contributed by atoms with Gasteiger partial charge in [-0.1, -0.05) is 39.0 Å². The number of rotatable bonds is 6. The van der Waals surface area contributed by atoms with Crippen LogP contribution in [0.15, 0.2) is 0 Å². The number of unbranched alkanes of at least 4 members (excludes halogenated alkanes) is 2. The van der Waals surface area contributed by atoms with E-state index in [1.165, 1.54) is 57.9 Å². The van der Waals surface area contributed by atoms with E-state index in [1.807, 2.05) is 0 Å². The minimum Gasteiger partial charge on any atom is -0.329 e. The minimum absolute atomic E-state index is 0.639. The van der Waals surface area contributed by atoms with E-state index in [2.05, 4.69) is 18.7 Å². The van der Waals surface area contributed by atoms with Crippen LogP contribution in [-0.4, -0.2) is 30.1 Å². The van der Waals surface area contributed by atoms with Gasteiger partial charge in [0, 0.05) is 18.6 Å². The van der Waals surface area contributed by atoms with Crippen LogP contribution in [0.3, 0.4) is 0 Å². The first-order chi connectivity index (χ1) is 7.79. The monoisotopic (exact) mass is 226 g/mol. The highest BCUT2D eigenvalue weighted by Crippen LogP contribution is 2.21. The summed E-state index contributed by atoms with van der Waals surface area (Å²) in [4.78, 5) is 2.68. The van der Waals surface area contributed by atoms with Crippen LogP contribution < -0.4 is 5.73 Å². The summed E-state index contributed by atoms with van der Waals surface area (Å²) in [6, 6.07) is 1.39. The van der Waals surface area contributed by atoms with Crippen LogP contribution in [0.5, 0.6) is 0 Å². The molecule has 1 heterocycles. The van der Waals surface area contributed by atoms with E-state index in [0.717, 1.165) is 12.6 Å². The van der Waals surface area contributed by atoms with Crippen LogP contribution in [0.1, 0.15) is 65.2 Å². The van der Waals surface area contributed by atoms with E-state index >= 15 is 0 Å². The zero-order valence-electron chi connectivity index (χ0n) is 11.3. The van der Waals surface area contributed by atoms with Crippen LogP contribution >= 0.6 is 0 Å². The fourth-order valence-electron chi connectivity index (χ4n) is 2.89. The molecule has 2 unspecified atom stereocenters. The topological polar surface area (TPSA) is 29.3 Å². The van der Waals surface area contributed by atoms with Crippen molar-refractivity contribution in [3.63, 3.8) is 0 Å². The summed E-state index contributed by atoms with van der Waals surface area (Å²) < 4.78 is 0. The van der Waals surface area contributed by atoms with Gasteiger partial charge in [-0.2, -0.15) is 0 Å². The highest BCUT2D eigenvalue weighted by atomic mass is 15.2. The Morgan fingerprint density at radius 3 is 2.75 bits per heavy atom. The number of nitrogens with zero attached hydrogens (tertiary/aromatic N) is 1. The van der Waals surface area contributed by atoms with Gasteiger partial charge < -0.3 is 5.73 Å². The zero-order chi connectivity index (χ0) is 11.8. The normalized spacial score (nSPS) is 25.3. The molecule has 1 aliphatic rings. The molecule has 0 bridgehead atoms. The molecule has 1 rings (SSSR count). The van der Waals surface area contributed by atoms with Gasteiger partial charge in [0.1, 0.15) is 0 Å². The molecule has 2 nitrogen and oxygen atoms in total. The Kier molecular flexibility index (Phi) is 7.06. The van der Waals surface area contributed by atoms with E-state index < -0.39 is 0 Å². The number of likely N-dealkylation sites (tertiary alicyclic amines) is 1. The second kappa shape index (κ2) is 8.08. The third-order valence-electron chi connectivity index (χ3n) is 3.99. The summed E-state index contributed by atoms with van der Waals surface area (Å²) >= 11 is 0. The number of hydrogen-bond acceptors (Lipinski definition) is 2. The third-order valence-corrected chi connectivity index (χ3v) is 3.99. The maximum Gasteiger partial charge on any atom is 0.0221 e. The Bertz CT molecular complexity index is 170. The van der Waals surface area contributed by atoms with Crippen molar-refractivity contribution in [1.29, 1.82) is 0 Å². The average molecular weight is 226 g/mol. The molecule has 0 radical (unpaired) electrons. The molecule has 0 saturated carbocycles. The SMILES string of the molecule is CCCCCC(CN)N1CCCCCC1C. The van der Waals surface area contributed by atoms with Crippen LogP contribution in [0.4, 0.5) is 0 Å². The molecule has 2 heteroatoms. The van der Waals surface area contributed by atoms with E-state index in [4.69, 9.17) is 5.73 Å². The Balaban J connectivity index is 2.41. The predicted molar refractivity (Wildman–Crippen MR) is 71.6 cm³/mol. The Labute approximate surface area is 102 Å². The van der Waals surface area contributed by atoms with Gasteiger partial charge in [0.25, 0.3) is 0 Å². The maximum atomic E-state index is 5.96. The molecule has 0 aromatic carbocycles. The summed E-state index contributed by atoms with van der Waals surface area (Å²) in [6.07, 6.45) is 10.9. The summed E-state index contributed by atoms with van der Waals surface area (Å²) in [5, 5.41) is 0. The van der Waals surface area contributed by atoms with Gasteiger partial charge in [-0.05, 0) is 32.7 Å². The molecule has 1 saturated heterocycles. The Hall–Kier alpha value is -0.0800. The van der Waals surface area contributed by atoms with Crippen molar-refractivity contribution < 1.29 is 0 Å². The maximum absolute atomic E-state index is 5.96. The van der Waals surface area contributed by atoms with Crippen molar-refractivity contribution in [2.75, 3.05) is 13.1 Å². The van der Waals surface area contributed by atoms with Crippen molar-refractivity contribution in [3.8, 4) is 0 Å². The fourth-order valence-corrected chi connectivity index (χ4v) is 2.89. The quantitative estimate of drug-likeness (QED) is 0.705. The van der Waals surface area contributed by atoms with E-state index in [1.54, 1.807) is 0 Å². The number of hydrogen-bond donors (Lipinski definition) is 1. The van der Waals surface area contributed by atoms with Crippen molar-refractivity contribution in [2.45, 2.75) is 77.3 Å². The summed E-state index contributed by atoms with van der Waals surface area (Å²) in [7, 11) is 0. The molecule has 0 aromatic heterocycles. The van der Waals surface area contributed by atoms with Crippen LogP contribution in [-0.2, 0) is 0 Å². The summed E-state index contributed by atoms with van der Waals surface area (Å²) in [5.41, 5.74) is 5.96. The van der Waals surface area contributed by atoms with E-state index in [9.17, 15) is 0 Å². The molecule has 0 amide bonds. The van der Waals surface area contributed by atoms with Crippen molar-refractivity contribution in [2.24, 2.45) is 5.73 Å². The van der Waals surface area contributed by atoms with Gasteiger partial charge in [-0.3, -0.25) is 4.90 Å². The third kappa shape index (κ3) is 4.42. The van der Waals surface area contributed by atoms with Crippen LogP contribution in [0.2, 0.25) is 0 Å². The summed E-state index contributed by atoms with van der Waals surface area (Å²) in [5.74, 6) is 0. The molecular weight excluding hydrogens is 196 g/mol. The Morgan fingerprint density at radius 1 is 1.25 bits per heavy atom. The molecule has 0 aliphatic carbocycles. The molecule has 1 fully saturated rings. The lowest BCUT2D eigenvalue weighted by Crippen LogP contribution is -2.45. The lowest BCUT2D eigenvalue weighted by atomic mass is 10.0.